The first kappa shape index (κ1) is 21.0. The number of benzene rings is 2. The quantitative estimate of drug-likeness (QED) is 0.529. The summed E-state index contributed by atoms with van der Waals surface area (Å²) in [5.41, 5.74) is 4.51. The van der Waals surface area contributed by atoms with Crippen LogP contribution in [-0.2, 0) is 19.7 Å². The minimum atomic E-state index is -4.35. The number of carbonyl (C=O) groups excluding carboxylic acids is 1. The summed E-state index contributed by atoms with van der Waals surface area (Å²) in [6.45, 7) is 4.60. The maximum atomic E-state index is 13.1. The maximum absolute atomic E-state index is 13.1. The van der Waals surface area contributed by atoms with Crippen LogP contribution in [0.1, 0.15) is 27.2 Å². The fraction of sp³-hybridized carbons (Fsp3) is 0.316. The van der Waals surface area contributed by atoms with E-state index in [4.69, 9.17) is 10.6 Å². The molecule has 7 nitrogen and oxygen atoms in total. The molecule has 2 rings (SSSR count). The molecule has 0 radical (unpaired) electrons. The highest BCUT2D eigenvalue weighted by Crippen LogP contribution is 2.29. The molecule has 0 saturated heterocycles. The molecule has 146 valence electrons. The third kappa shape index (κ3) is 4.36. The highest BCUT2D eigenvalue weighted by Gasteiger charge is 2.48. The second-order valence-corrected chi connectivity index (χ2v) is 8.06. The molecule has 3 N–H and O–H groups in total. The Labute approximate surface area is 159 Å². The van der Waals surface area contributed by atoms with Gasteiger partial charge in [-0.25, -0.2) is 8.42 Å². The Kier molecular flexibility index (Phi) is 6.38. The molecule has 0 fully saturated rings. The number of primary amides is 1. The summed E-state index contributed by atoms with van der Waals surface area (Å²) in [5, 5.41) is 10.6. The molecule has 0 saturated carbocycles. The number of aliphatic hydroxyl groups is 1. The van der Waals surface area contributed by atoms with Gasteiger partial charge in [0.15, 0.2) is 0 Å². The predicted octanol–water partition coefficient (Wildman–Crippen LogP) is 2.27. The molecule has 8 heteroatoms. The number of nitrogens with two attached hydrogens (primary N) is 1. The van der Waals surface area contributed by atoms with Gasteiger partial charge in [-0.1, -0.05) is 49.4 Å². The van der Waals surface area contributed by atoms with Gasteiger partial charge in [-0.15, -0.1) is 0 Å². The van der Waals surface area contributed by atoms with Crippen molar-refractivity contribution in [3.8, 4) is 11.1 Å². The average Bonchev–Trinajstić information content (AvgIpc) is 2.66. The molecule has 2 aromatic rings. The Morgan fingerprint density at radius 3 is 2.07 bits per heavy atom. The molecule has 1 unspecified atom stereocenters. The molecule has 27 heavy (non-hydrogen) atoms. The molecule has 2 aromatic carbocycles. The normalized spacial score (nSPS) is 14.3. The van der Waals surface area contributed by atoms with Crippen LogP contribution in [-0.4, -0.2) is 35.7 Å². The fourth-order valence-corrected chi connectivity index (χ4v) is 4.05. The summed E-state index contributed by atoms with van der Waals surface area (Å²) in [4.78, 5) is 16.9. The van der Waals surface area contributed by atoms with Crippen LogP contribution < -0.4 is 5.73 Å². The van der Waals surface area contributed by atoms with Crippen molar-refractivity contribution in [2.75, 3.05) is 0 Å². The van der Waals surface area contributed by atoms with Crippen LogP contribution in [0, 0.1) is 0 Å². The van der Waals surface area contributed by atoms with Crippen molar-refractivity contribution in [1.82, 2.24) is 4.47 Å². The number of hydrogen-bond donors (Lipinski definition) is 2. The van der Waals surface area contributed by atoms with Crippen molar-refractivity contribution in [2.24, 2.45) is 5.73 Å². The van der Waals surface area contributed by atoms with E-state index in [1.807, 2.05) is 30.3 Å². The second-order valence-electron chi connectivity index (χ2n) is 6.31. The first-order valence-electron chi connectivity index (χ1n) is 8.53. The zero-order valence-electron chi connectivity index (χ0n) is 15.5. The second kappa shape index (κ2) is 8.18. The number of sulfonamides is 1. The zero-order valence-corrected chi connectivity index (χ0v) is 16.3. The molecule has 0 aliphatic rings. The van der Waals surface area contributed by atoms with Crippen molar-refractivity contribution < 1.29 is 23.2 Å². The van der Waals surface area contributed by atoms with Crippen molar-refractivity contribution in [3.05, 3.63) is 54.6 Å². The van der Waals surface area contributed by atoms with Crippen molar-refractivity contribution in [1.29, 1.82) is 0 Å². The summed E-state index contributed by atoms with van der Waals surface area (Å²) in [6.07, 6.45) is -0.878. The smallest absolute Gasteiger partial charge is 0.268 e. The van der Waals surface area contributed by atoms with Crippen LogP contribution in [0.5, 0.6) is 0 Å². The van der Waals surface area contributed by atoms with E-state index in [9.17, 15) is 18.3 Å². The largest absolute Gasteiger partial charge is 0.366 e. The molecule has 0 aliphatic heterocycles. The molecule has 1 atom stereocenters. The van der Waals surface area contributed by atoms with Crippen molar-refractivity contribution >= 4 is 15.9 Å². The lowest BCUT2D eigenvalue weighted by Gasteiger charge is -2.35. The van der Waals surface area contributed by atoms with E-state index in [1.165, 1.54) is 19.1 Å². The average molecular weight is 392 g/mol. The van der Waals surface area contributed by atoms with Gasteiger partial charge in [0.25, 0.3) is 15.9 Å². The van der Waals surface area contributed by atoms with Crippen LogP contribution >= 0.6 is 0 Å². The first-order valence-corrected chi connectivity index (χ1v) is 9.97. The van der Waals surface area contributed by atoms with Gasteiger partial charge < -0.3 is 10.8 Å². The van der Waals surface area contributed by atoms with Crippen molar-refractivity contribution in [2.45, 2.75) is 43.9 Å². The maximum Gasteiger partial charge on any atom is 0.268 e. The van der Waals surface area contributed by atoms with Crippen molar-refractivity contribution in [3.63, 3.8) is 0 Å². The zero-order chi connectivity index (χ0) is 20.2. The molecule has 0 aromatic heterocycles. The Bertz CT molecular complexity index is 882. The summed E-state index contributed by atoms with van der Waals surface area (Å²) in [5.74, 6) is -1.21. The molecule has 0 heterocycles. The van der Waals surface area contributed by atoms with Gasteiger partial charge in [-0.05, 0) is 48.0 Å². The third-order valence-electron chi connectivity index (χ3n) is 3.97. The van der Waals surface area contributed by atoms with Gasteiger partial charge in [-0.2, -0.15) is 0 Å². The minimum Gasteiger partial charge on any atom is -0.366 e. The lowest BCUT2D eigenvalue weighted by atomic mass is 10.1. The number of amides is 1. The third-order valence-corrected chi connectivity index (χ3v) is 5.67. The predicted molar refractivity (Wildman–Crippen MR) is 102 cm³/mol. The molecule has 0 bridgehead atoms. The molecule has 0 aliphatic carbocycles. The van der Waals surface area contributed by atoms with E-state index < -0.39 is 27.8 Å². The lowest BCUT2D eigenvalue weighted by Crippen LogP contribution is -2.59. The lowest BCUT2D eigenvalue weighted by molar-refractivity contribution is -0.243. The van der Waals surface area contributed by atoms with Gasteiger partial charge in [0, 0.05) is 0 Å². The van der Waals surface area contributed by atoms with Crippen LogP contribution in [0.2, 0.25) is 0 Å². The van der Waals surface area contributed by atoms with E-state index in [0.717, 1.165) is 11.1 Å². The summed E-state index contributed by atoms with van der Waals surface area (Å²) in [6, 6.07) is 15.5. The van der Waals surface area contributed by atoms with Gasteiger partial charge >= 0.3 is 0 Å². The molecular formula is C19H24N2O5S. The number of nitrogens with zero attached hydrogens (tertiary/aromatic N) is 1. The van der Waals surface area contributed by atoms with Gasteiger partial charge in [0.05, 0.1) is 11.0 Å². The Hall–Kier alpha value is -2.26. The number of rotatable bonds is 8. The number of hydrogen-bond acceptors (Lipinski definition) is 5. The Morgan fingerprint density at radius 1 is 1.11 bits per heavy atom. The van der Waals surface area contributed by atoms with Crippen LogP contribution in [0.25, 0.3) is 11.1 Å². The Morgan fingerprint density at radius 2 is 1.63 bits per heavy atom. The van der Waals surface area contributed by atoms with E-state index in [1.54, 1.807) is 26.0 Å². The van der Waals surface area contributed by atoms with E-state index >= 15 is 0 Å². The highest BCUT2D eigenvalue weighted by molar-refractivity contribution is 7.89. The van der Waals surface area contributed by atoms with Gasteiger partial charge in [0.1, 0.15) is 0 Å². The number of hydroxylamine groups is 1. The topological polar surface area (TPSA) is 110 Å². The summed E-state index contributed by atoms with van der Waals surface area (Å²) >= 11 is 0. The Balaban J connectivity index is 2.48. The molecule has 0 spiro atoms. The van der Waals surface area contributed by atoms with Crippen LogP contribution in [0.4, 0.5) is 0 Å². The molecular weight excluding hydrogens is 368 g/mol. The fourth-order valence-electron chi connectivity index (χ4n) is 2.47. The molecule has 1 amide bonds. The standard InChI is InChI=1S/C19H24N2O5S/c1-4-19(23,18(20)22)21(26-14(2)3)27(24,25)17-12-10-16(11-13-17)15-8-6-5-7-9-15/h5-14,23H,4H2,1-3H3,(H2,20,22). The van der Waals surface area contributed by atoms with Gasteiger partial charge in [-0.3, -0.25) is 9.63 Å². The van der Waals surface area contributed by atoms with Crippen LogP contribution in [0.15, 0.2) is 59.5 Å². The van der Waals surface area contributed by atoms with E-state index in [-0.39, 0.29) is 11.3 Å². The first-order chi connectivity index (χ1) is 12.6. The summed E-state index contributed by atoms with van der Waals surface area (Å²) < 4.78 is 26.4. The van der Waals surface area contributed by atoms with Crippen LogP contribution in [0.3, 0.4) is 0 Å². The SMILES string of the molecule is CCC(O)(C(N)=O)N(OC(C)C)S(=O)(=O)c1ccc(-c2ccccc2)cc1. The van der Waals surface area contributed by atoms with Gasteiger partial charge in [0.2, 0.25) is 5.72 Å². The number of carbonyl (C=O) groups is 1. The summed E-state index contributed by atoms with van der Waals surface area (Å²) in [7, 11) is -4.35. The minimum absolute atomic E-state index is 0.129. The van der Waals surface area contributed by atoms with E-state index in [2.05, 4.69) is 0 Å². The van der Waals surface area contributed by atoms with E-state index in [0.29, 0.717) is 4.47 Å². The monoisotopic (exact) mass is 392 g/mol. The highest BCUT2D eigenvalue weighted by atomic mass is 32.2.